The molecule has 1 saturated heterocycles. The summed E-state index contributed by atoms with van der Waals surface area (Å²) in [5, 5.41) is 11.4. The maximum atomic E-state index is 9.44. The quantitative estimate of drug-likeness (QED) is 0.105. The molecule has 1 fully saturated rings. The average Bonchev–Trinajstić information content (AvgIpc) is 3.70. The van der Waals surface area contributed by atoms with Gasteiger partial charge in [0.2, 0.25) is 0 Å². The highest BCUT2D eigenvalue weighted by atomic mass is 35.5. The second-order valence-corrected chi connectivity index (χ2v) is 13.7. The van der Waals surface area contributed by atoms with Gasteiger partial charge in [-0.15, -0.1) is 0 Å². The molecule has 0 aliphatic carbocycles. The fraction of sp³-hybridized carbons (Fsp3) is 0.415. The summed E-state index contributed by atoms with van der Waals surface area (Å²) >= 11 is 6.03. The van der Waals surface area contributed by atoms with Crippen LogP contribution in [0.3, 0.4) is 0 Å². The van der Waals surface area contributed by atoms with E-state index in [1.807, 2.05) is 42.5 Å². The molecule has 2 aromatic heterocycles. The number of aryl methyl sites for hydroxylation is 3. The Bertz CT molecular complexity index is 1810. The van der Waals surface area contributed by atoms with Crippen molar-refractivity contribution in [2.75, 3.05) is 19.6 Å². The highest BCUT2D eigenvalue weighted by molar-refractivity contribution is 6.30. The molecule has 0 unspecified atom stereocenters. The van der Waals surface area contributed by atoms with Crippen LogP contribution in [0, 0.1) is 11.3 Å². The molecule has 250 valence electrons. The normalized spacial score (nSPS) is 14.0. The second kappa shape index (κ2) is 16.4. The number of halogens is 1. The topological polar surface area (TPSA) is 59.0 Å². The Balaban J connectivity index is 1.04. The lowest BCUT2D eigenvalue weighted by Gasteiger charge is -2.31. The molecule has 3 aromatic carbocycles. The number of rotatable bonds is 15. The van der Waals surface area contributed by atoms with Gasteiger partial charge in [-0.1, -0.05) is 38.3 Å². The lowest BCUT2D eigenvalue weighted by Crippen LogP contribution is -2.33. The molecule has 0 atom stereocenters. The summed E-state index contributed by atoms with van der Waals surface area (Å²) in [5.74, 6) is 3.24. The van der Waals surface area contributed by atoms with Gasteiger partial charge in [-0.25, -0.2) is 4.98 Å². The second-order valence-electron chi connectivity index (χ2n) is 13.2. The first-order valence-corrected chi connectivity index (χ1v) is 18.3. The van der Waals surface area contributed by atoms with Gasteiger partial charge in [0.1, 0.15) is 17.3 Å². The summed E-state index contributed by atoms with van der Waals surface area (Å²) in [6.45, 7) is 8.88. The number of fused-ring (bicyclic) bond motifs is 1. The monoisotopic (exact) mass is 661 g/mol. The maximum absolute atomic E-state index is 9.44. The lowest BCUT2D eigenvalue weighted by atomic mass is 9.94. The number of aromatic nitrogens is 3. The van der Waals surface area contributed by atoms with E-state index in [9.17, 15) is 5.26 Å². The molecule has 0 bridgehead atoms. The van der Waals surface area contributed by atoms with Crippen LogP contribution in [0.5, 0.6) is 11.5 Å². The van der Waals surface area contributed by atoms with Crippen molar-refractivity contribution in [3.05, 3.63) is 107 Å². The number of hydrogen-bond donors (Lipinski definition) is 0. The smallest absolute Gasteiger partial charge is 0.127 e. The summed E-state index contributed by atoms with van der Waals surface area (Å²) in [5.41, 5.74) is 5.74. The summed E-state index contributed by atoms with van der Waals surface area (Å²) in [6, 6.07) is 24.2. The van der Waals surface area contributed by atoms with E-state index in [0.717, 1.165) is 99.7 Å². The van der Waals surface area contributed by atoms with E-state index in [1.165, 1.54) is 41.4 Å². The van der Waals surface area contributed by atoms with E-state index >= 15 is 0 Å². The number of hydrogen-bond acceptors (Lipinski definition) is 4. The zero-order valence-corrected chi connectivity index (χ0v) is 29.3. The summed E-state index contributed by atoms with van der Waals surface area (Å²) in [4.78, 5) is 7.89. The number of benzene rings is 3. The Morgan fingerprint density at radius 2 is 1.56 bits per heavy atom. The first-order chi connectivity index (χ1) is 23.5. The third-order valence-corrected chi connectivity index (χ3v) is 9.95. The highest BCUT2D eigenvalue weighted by Gasteiger charge is 2.24. The fourth-order valence-corrected chi connectivity index (χ4v) is 7.18. The molecule has 5 aromatic rings. The minimum atomic E-state index is 0.499. The van der Waals surface area contributed by atoms with Crippen LogP contribution in [0.2, 0.25) is 5.02 Å². The minimum Gasteiger partial charge on any atom is -0.457 e. The van der Waals surface area contributed by atoms with Crippen LogP contribution in [0.4, 0.5) is 0 Å². The molecule has 48 heavy (non-hydrogen) atoms. The van der Waals surface area contributed by atoms with Gasteiger partial charge in [-0.05, 0) is 137 Å². The van der Waals surface area contributed by atoms with Gasteiger partial charge in [0.15, 0.2) is 0 Å². The first-order valence-electron chi connectivity index (χ1n) is 17.9. The Hall–Kier alpha value is -4.05. The number of nitrogens with zero attached hydrogens (tertiary/aromatic N) is 5. The van der Waals surface area contributed by atoms with Crippen molar-refractivity contribution in [3.8, 4) is 23.3 Å². The van der Waals surface area contributed by atoms with Gasteiger partial charge >= 0.3 is 0 Å². The molecule has 0 radical (unpaired) electrons. The lowest BCUT2D eigenvalue weighted by molar-refractivity contribution is 0.207. The Labute approximate surface area is 290 Å². The SMILES string of the molecule is CCCCCc1nc(C2CCN(CCCCc3cn(CCC)c4ccc(C#N)cc34)CC2)cn1-c1ccc(Oc2ccc(Cl)cc2)cc1. The number of likely N-dealkylation sites (tertiary alicyclic amines) is 1. The van der Waals surface area contributed by atoms with Crippen LogP contribution in [-0.4, -0.2) is 38.7 Å². The number of ether oxygens (including phenoxy) is 1. The molecular formula is C41H48ClN5O. The molecule has 6 nitrogen and oxygen atoms in total. The minimum absolute atomic E-state index is 0.499. The highest BCUT2D eigenvalue weighted by Crippen LogP contribution is 2.31. The van der Waals surface area contributed by atoms with E-state index in [2.05, 4.69) is 70.6 Å². The number of unbranched alkanes of at least 4 members (excludes halogenated alkanes) is 3. The third-order valence-electron chi connectivity index (χ3n) is 9.70. The Morgan fingerprint density at radius 3 is 2.27 bits per heavy atom. The van der Waals surface area contributed by atoms with E-state index < -0.39 is 0 Å². The van der Waals surface area contributed by atoms with Gasteiger partial charge in [-0.2, -0.15) is 5.26 Å². The van der Waals surface area contributed by atoms with Gasteiger partial charge in [0.05, 0.1) is 17.3 Å². The molecule has 0 saturated carbocycles. The molecule has 6 rings (SSSR count). The number of imidazole rings is 1. The first kappa shape index (κ1) is 33.8. The predicted octanol–water partition coefficient (Wildman–Crippen LogP) is 10.5. The van der Waals surface area contributed by atoms with E-state index in [1.54, 1.807) is 0 Å². The maximum Gasteiger partial charge on any atom is 0.127 e. The van der Waals surface area contributed by atoms with Crippen molar-refractivity contribution < 1.29 is 4.74 Å². The third kappa shape index (κ3) is 8.32. The molecule has 0 amide bonds. The molecule has 0 N–H and O–H groups in total. The van der Waals surface area contributed by atoms with Crippen LogP contribution in [0.1, 0.15) is 93.8 Å². The number of nitriles is 1. The van der Waals surface area contributed by atoms with Crippen LogP contribution in [-0.2, 0) is 19.4 Å². The number of piperidine rings is 1. The van der Waals surface area contributed by atoms with Crippen molar-refractivity contribution in [2.45, 2.75) is 90.5 Å². The largest absolute Gasteiger partial charge is 0.457 e. The summed E-state index contributed by atoms with van der Waals surface area (Å²) in [6.07, 6.45) is 16.0. The van der Waals surface area contributed by atoms with Crippen LogP contribution in [0.25, 0.3) is 16.6 Å². The van der Waals surface area contributed by atoms with Crippen molar-refractivity contribution in [1.29, 1.82) is 5.26 Å². The van der Waals surface area contributed by atoms with Crippen molar-refractivity contribution in [3.63, 3.8) is 0 Å². The van der Waals surface area contributed by atoms with Gasteiger partial charge in [0, 0.05) is 52.9 Å². The summed E-state index contributed by atoms with van der Waals surface area (Å²) in [7, 11) is 0. The van der Waals surface area contributed by atoms with Crippen LogP contribution >= 0.6 is 11.6 Å². The van der Waals surface area contributed by atoms with Gasteiger partial charge in [-0.3, -0.25) is 0 Å². The molecule has 7 heteroatoms. The van der Waals surface area contributed by atoms with Crippen molar-refractivity contribution in [1.82, 2.24) is 19.0 Å². The fourth-order valence-electron chi connectivity index (χ4n) is 7.05. The van der Waals surface area contributed by atoms with Crippen LogP contribution < -0.4 is 4.74 Å². The van der Waals surface area contributed by atoms with Crippen molar-refractivity contribution in [2.24, 2.45) is 0 Å². The van der Waals surface area contributed by atoms with E-state index in [0.29, 0.717) is 10.9 Å². The molecule has 0 spiro atoms. The zero-order chi connectivity index (χ0) is 33.3. The van der Waals surface area contributed by atoms with Gasteiger partial charge in [0.25, 0.3) is 0 Å². The predicted molar refractivity (Wildman–Crippen MR) is 197 cm³/mol. The Morgan fingerprint density at radius 1 is 0.833 bits per heavy atom. The summed E-state index contributed by atoms with van der Waals surface area (Å²) < 4.78 is 10.7. The molecular weight excluding hydrogens is 614 g/mol. The van der Waals surface area contributed by atoms with Crippen molar-refractivity contribution >= 4 is 22.5 Å². The average molecular weight is 662 g/mol. The Kier molecular flexibility index (Phi) is 11.5. The molecule has 3 heterocycles. The molecule has 1 aliphatic heterocycles. The molecule has 1 aliphatic rings. The van der Waals surface area contributed by atoms with Gasteiger partial charge < -0.3 is 18.8 Å². The van der Waals surface area contributed by atoms with Crippen LogP contribution in [0.15, 0.2) is 79.1 Å². The standard InChI is InChI=1S/C41H48ClN5O/c1-3-5-6-10-41-44-39(30-47(41)35-14-18-37(19-15-35)48-36-16-12-34(42)13-17-36)32-21-25-45(26-22-32)24-8-7-9-33-29-46(23-4-2)40-20-11-31(28-43)27-38(33)40/h11-20,27,29-30,32H,3-10,21-26H2,1-2H3. The van der Waals surface area contributed by atoms with E-state index in [4.69, 9.17) is 21.3 Å². The zero-order valence-electron chi connectivity index (χ0n) is 28.5. The van der Waals surface area contributed by atoms with E-state index in [-0.39, 0.29) is 0 Å².